The van der Waals surface area contributed by atoms with Crippen LogP contribution in [0.5, 0.6) is 0 Å². The van der Waals surface area contributed by atoms with Crippen molar-refractivity contribution in [2.24, 2.45) is 0 Å². The van der Waals surface area contributed by atoms with E-state index in [9.17, 15) is 9.90 Å². The molecule has 0 aliphatic carbocycles. The van der Waals surface area contributed by atoms with Crippen molar-refractivity contribution in [1.82, 2.24) is 4.57 Å². The summed E-state index contributed by atoms with van der Waals surface area (Å²) in [7, 11) is 0. The van der Waals surface area contributed by atoms with Gasteiger partial charge in [0.1, 0.15) is 12.3 Å². The predicted molar refractivity (Wildman–Crippen MR) is 76.2 cm³/mol. The number of rotatable bonds is 6. The van der Waals surface area contributed by atoms with Crippen LogP contribution < -0.4 is 0 Å². The number of carbonyl (C=O) groups excluding carboxylic acids is 1. The maximum atomic E-state index is 12.0. The molecule has 0 aliphatic rings. The lowest BCUT2D eigenvalue weighted by atomic mass is 10.2. The molecular weight excluding hydrogens is 268 g/mol. The van der Waals surface area contributed by atoms with Crippen molar-refractivity contribution in [2.45, 2.75) is 25.7 Å². The number of aromatic nitrogens is 1. The Kier molecular flexibility index (Phi) is 5.13. The van der Waals surface area contributed by atoms with Crippen molar-refractivity contribution >= 4 is 5.97 Å². The molecule has 1 atom stereocenters. The molecule has 0 saturated heterocycles. The van der Waals surface area contributed by atoms with Crippen molar-refractivity contribution < 1.29 is 14.6 Å². The number of hydrogen-bond acceptors (Lipinski definition) is 4. The summed E-state index contributed by atoms with van der Waals surface area (Å²) < 4.78 is 6.84. The second kappa shape index (κ2) is 7.27. The van der Waals surface area contributed by atoms with Crippen LogP contribution in [0.15, 0.2) is 48.7 Å². The molecule has 108 valence electrons. The summed E-state index contributed by atoms with van der Waals surface area (Å²) in [6.45, 7) is 0.391. The van der Waals surface area contributed by atoms with Crippen molar-refractivity contribution in [3.8, 4) is 6.07 Å². The smallest absolute Gasteiger partial charge is 0.355 e. The first-order valence-corrected chi connectivity index (χ1v) is 6.62. The number of ether oxygens (including phenoxy) is 1. The summed E-state index contributed by atoms with van der Waals surface area (Å²) in [5, 5.41) is 18.2. The van der Waals surface area contributed by atoms with E-state index in [0.717, 1.165) is 5.56 Å². The zero-order valence-corrected chi connectivity index (χ0v) is 11.5. The topological polar surface area (TPSA) is 75.2 Å². The van der Waals surface area contributed by atoms with Gasteiger partial charge in [-0.3, -0.25) is 0 Å². The van der Waals surface area contributed by atoms with Crippen LogP contribution in [0.3, 0.4) is 0 Å². The van der Waals surface area contributed by atoms with Gasteiger partial charge in [-0.05, 0) is 17.7 Å². The third kappa shape index (κ3) is 4.20. The van der Waals surface area contributed by atoms with E-state index >= 15 is 0 Å². The summed E-state index contributed by atoms with van der Waals surface area (Å²) >= 11 is 0. The fourth-order valence-electron chi connectivity index (χ4n) is 1.95. The highest BCUT2D eigenvalue weighted by Gasteiger charge is 2.14. The SMILES string of the molecule is N#CCC(O)Cn1cccc1C(=O)OCc1ccccc1. The van der Waals surface area contributed by atoms with Crippen LogP contribution in [0.25, 0.3) is 0 Å². The summed E-state index contributed by atoms with van der Waals surface area (Å²) in [4.78, 5) is 12.0. The highest BCUT2D eigenvalue weighted by atomic mass is 16.5. The number of nitriles is 1. The van der Waals surface area contributed by atoms with Gasteiger partial charge in [-0.15, -0.1) is 0 Å². The van der Waals surface area contributed by atoms with Gasteiger partial charge < -0.3 is 14.4 Å². The molecule has 5 nitrogen and oxygen atoms in total. The lowest BCUT2D eigenvalue weighted by molar-refractivity contribution is 0.0456. The van der Waals surface area contributed by atoms with Gasteiger partial charge in [0.15, 0.2) is 0 Å². The first-order valence-electron chi connectivity index (χ1n) is 6.62. The molecule has 0 spiro atoms. The zero-order valence-electron chi connectivity index (χ0n) is 11.5. The summed E-state index contributed by atoms with van der Waals surface area (Å²) in [6.07, 6.45) is 0.902. The lowest BCUT2D eigenvalue weighted by Gasteiger charge is -2.12. The Morgan fingerprint density at radius 1 is 1.29 bits per heavy atom. The summed E-state index contributed by atoms with van der Waals surface area (Å²) in [5.74, 6) is -0.451. The lowest BCUT2D eigenvalue weighted by Crippen LogP contribution is -2.19. The van der Waals surface area contributed by atoms with E-state index in [1.165, 1.54) is 0 Å². The van der Waals surface area contributed by atoms with Crippen molar-refractivity contribution in [3.63, 3.8) is 0 Å². The minimum atomic E-state index is -0.803. The van der Waals surface area contributed by atoms with Crippen LogP contribution in [-0.2, 0) is 17.9 Å². The van der Waals surface area contributed by atoms with Crippen molar-refractivity contribution in [2.75, 3.05) is 0 Å². The Balaban J connectivity index is 1.97. The monoisotopic (exact) mass is 284 g/mol. The Morgan fingerprint density at radius 2 is 2.05 bits per heavy atom. The quantitative estimate of drug-likeness (QED) is 0.824. The third-order valence-corrected chi connectivity index (χ3v) is 2.99. The highest BCUT2D eigenvalue weighted by Crippen LogP contribution is 2.09. The van der Waals surface area contributed by atoms with Crippen LogP contribution in [0, 0.1) is 11.3 Å². The first kappa shape index (κ1) is 14.8. The van der Waals surface area contributed by atoms with Gasteiger partial charge >= 0.3 is 5.97 Å². The standard InChI is InChI=1S/C16H16N2O3/c17-9-8-14(19)11-18-10-4-7-15(18)16(20)21-12-13-5-2-1-3-6-13/h1-7,10,14,19H,8,11-12H2. The number of esters is 1. The molecule has 0 bridgehead atoms. The first-order chi connectivity index (χ1) is 10.2. The summed E-state index contributed by atoms with van der Waals surface area (Å²) in [6, 6.07) is 14.6. The molecule has 2 rings (SSSR count). The van der Waals surface area contributed by atoms with Crippen molar-refractivity contribution in [1.29, 1.82) is 5.26 Å². The average Bonchev–Trinajstić information content (AvgIpc) is 2.94. The molecule has 1 aromatic carbocycles. The normalized spacial score (nSPS) is 11.6. The van der Waals surface area contributed by atoms with E-state index in [-0.39, 0.29) is 19.6 Å². The number of carbonyl (C=O) groups is 1. The maximum absolute atomic E-state index is 12.0. The molecule has 0 amide bonds. The highest BCUT2D eigenvalue weighted by molar-refractivity contribution is 5.87. The van der Waals surface area contributed by atoms with Gasteiger partial charge in [0.05, 0.1) is 18.6 Å². The number of benzene rings is 1. The van der Waals surface area contributed by atoms with Gasteiger partial charge in [-0.1, -0.05) is 30.3 Å². The molecule has 1 aromatic heterocycles. The zero-order chi connectivity index (χ0) is 15.1. The molecular formula is C16H16N2O3. The number of hydrogen-bond donors (Lipinski definition) is 1. The Morgan fingerprint density at radius 3 is 2.76 bits per heavy atom. The predicted octanol–water partition coefficient (Wildman–Crippen LogP) is 2.12. The fourth-order valence-corrected chi connectivity index (χ4v) is 1.95. The molecule has 0 aliphatic heterocycles. The molecule has 5 heteroatoms. The van der Waals surface area contributed by atoms with Crippen molar-refractivity contribution in [3.05, 3.63) is 59.9 Å². The van der Waals surface area contributed by atoms with Gasteiger partial charge in [-0.2, -0.15) is 5.26 Å². The minimum absolute atomic E-state index is 0.0245. The van der Waals surface area contributed by atoms with Gasteiger partial charge in [-0.25, -0.2) is 4.79 Å². The van der Waals surface area contributed by atoms with Gasteiger partial charge in [0.2, 0.25) is 0 Å². The summed E-state index contributed by atoms with van der Waals surface area (Å²) in [5.41, 5.74) is 1.27. The molecule has 0 saturated carbocycles. The minimum Gasteiger partial charge on any atom is -0.456 e. The second-order valence-corrected chi connectivity index (χ2v) is 4.62. The molecule has 1 N–H and O–H groups in total. The number of aliphatic hydroxyl groups excluding tert-OH is 1. The second-order valence-electron chi connectivity index (χ2n) is 4.62. The molecule has 2 aromatic rings. The number of nitrogens with zero attached hydrogens (tertiary/aromatic N) is 2. The largest absolute Gasteiger partial charge is 0.456 e. The Labute approximate surface area is 123 Å². The van der Waals surface area contributed by atoms with E-state index in [4.69, 9.17) is 10.00 Å². The number of aliphatic hydroxyl groups is 1. The molecule has 0 fully saturated rings. The van der Waals surface area contributed by atoms with E-state index < -0.39 is 12.1 Å². The van der Waals surface area contributed by atoms with E-state index in [1.807, 2.05) is 36.4 Å². The van der Waals surface area contributed by atoms with E-state index in [0.29, 0.717) is 5.69 Å². The molecule has 1 heterocycles. The van der Waals surface area contributed by atoms with Gasteiger partial charge in [0.25, 0.3) is 0 Å². The van der Waals surface area contributed by atoms with Gasteiger partial charge in [0, 0.05) is 12.7 Å². The molecule has 0 radical (unpaired) electrons. The Hall–Kier alpha value is -2.58. The fraction of sp³-hybridized carbons (Fsp3) is 0.250. The van der Waals surface area contributed by atoms with E-state index in [2.05, 4.69) is 0 Å². The van der Waals surface area contributed by atoms with Crippen LogP contribution in [0.4, 0.5) is 0 Å². The maximum Gasteiger partial charge on any atom is 0.355 e. The molecule has 1 unspecified atom stereocenters. The van der Waals surface area contributed by atoms with Crippen LogP contribution in [0.2, 0.25) is 0 Å². The third-order valence-electron chi connectivity index (χ3n) is 2.99. The van der Waals surface area contributed by atoms with E-state index in [1.54, 1.807) is 22.9 Å². The molecule has 21 heavy (non-hydrogen) atoms. The Bertz CT molecular complexity index is 628. The van der Waals surface area contributed by atoms with Crippen LogP contribution >= 0.6 is 0 Å². The van der Waals surface area contributed by atoms with Crippen LogP contribution in [0.1, 0.15) is 22.5 Å². The average molecular weight is 284 g/mol. The van der Waals surface area contributed by atoms with Crippen LogP contribution in [-0.4, -0.2) is 21.7 Å².